The largest absolute Gasteiger partial charge is 0.375 e. The lowest BCUT2D eigenvalue weighted by Crippen LogP contribution is -2.43. The first-order valence-electron chi connectivity index (χ1n) is 8.09. The minimum atomic E-state index is 0.0526. The van der Waals surface area contributed by atoms with E-state index in [2.05, 4.69) is 33.0 Å². The molecule has 1 heterocycles. The Morgan fingerprint density at radius 2 is 1.80 bits per heavy atom. The second-order valence-corrected chi connectivity index (χ2v) is 6.65. The molecule has 1 unspecified atom stereocenters. The molecule has 0 radical (unpaired) electrons. The maximum Gasteiger partial charge on any atom is 0.225 e. The van der Waals surface area contributed by atoms with Crippen molar-refractivity contribution in [3.05, 3.63) is 0 Å². The first-order chi connectivity index (χ1) is 9.49. The van der Waals surface area contributed by atoms with Gasteiger partial charge in [0.1, 0.15) is 0 Å². The van der Waals surface area contributed by atoms with E-state index in [0.29, 0.717) is 18.3 Å². The quantitative estimate of drug-likeness (QED) is 0.743. The van der Waals surface area contributed by atoms with Crippen LogP contribution in [0.5, 0.6) is 0 Å². The molecule has 1 aliphatic rings. The molecular formula is C16H32N2O2. The standard InChI is InChI=1S/C16H32N2O2/c1-13(2)5-8-18(9-6-14(3)4)16(19)11-15-12-17-7-10-20-15/h13-15,17H,5-12H2,1-4H3. The van der Waals surface area contributed by atoms with Crippen LogP contribution in [0.25, 0.3) is 0 Å². The van der Waals surface area contributed by atoms with Crippen LogP contribution in [0.3, 0.4) is 0 Å². The van der Waals surface area contributed by atoms with E-state index in [4.69, 9.17) is 4.74 Å². The average Bonchev–Trinajstić information content (AvgIpc) is 2.39. The molecule has 0 aromatic heterocycles. The number of hydrogen-bond acceptors (Lipinski definition) is 3. The van der Waals surface area contributed by atoms with Gasteiger partial charge in [-0.1, -0.05) is 27.7 Å². The molecule has 4 heteroatoms. The number of ether oxygens (including phenoxy) is 1. The van der Waals surface area contributed by atoms with Gasteiger partial charge in [-0.15, -0.1) is 0 Å². The molecule has 1 aliphatic heterocycles. The fourth-order valence-corrected chi connectivity index (χ4v) is 2.26. The third kappa shape index (κ3) is 7.25. The van der Waals surface area contributed by atoms with Crippen LogP contribution in [0.4, 0.5) is 0 Å². The molecule has 0 spiro atoms. The van der Waals surface area contributed by atoms with Crippen LogP contribution in [0, 0.1) is 11.8 Å². The summed E-state index contributed by atoms with van der Waals surface area (Å²) in [6.07, 6.45) is 2.72. The van der Waals surface area contributed by atoms with Crippen molar-refractivity contribution >= 4 is 5.91 Å². The Morgan fingerprint density at radius 3 is 2.25 bits per heavy atom. The Hall–Kier alpha value is -0.610. The lowest BCUT2D eigenvalue weighted by molar-refractivity contribution is -0.135. The van der Waals surface area contributed by atoms with Crippen LogP contribution in [0.2, 0.25) is 0 Å². The van der Waals surface area contributed by atoms with E-state index in [1.54, 1.807) is 0 Å². The molecule has 1 atom stereocenters. The number of nitrogens with one attached hydrogen (secondary N) is 1. The summed E-state index contributed by atoms with van der Waals surface area (Å²) in [5.41, 5.74) is 0. The van der Waals surface area contributed by atoms with E-state index < -0.39 is 0 Å². The lowest BCUT2D eigenvalue weighted by atomic mass is 10.1. The molecule has 1 saturated heterocycles. The van der Waals surface area contributed by atoms with Gasteiger partial charge in [0, 0.05) is 26.2 Å². The second-order valence-electron chi connectivity index (χ2n) is 6.65. The SMILES string of the molecule is CC(C)CCN(CCC(C)C)C(=O)CC1CNCCO1. The van der Waals surface area contributed by atoms with Crippen LogP contribution in [0.15, 0.2) is 0 Å². The summed E-state index contributed by atoms with van der Waals surface area (Å²) in [6.45, 7) is 13.0. The van der Waals surface area contributed by atoms with Crippen LogP contribution in [0.1, 0.15) is 47.0 Å². The molecule has 0 aliphatic carbocycles. The second kappa shape index (κ2) is 9.35. The number of carbonyl (C=O) groups is 1. The fraction of sp³-hybridized carbons (Fsp3) is 0.938. The van der Waals surface area contributed by atoms with Crippen molar-refractivity contribution < 1.29 is 9.53 Å². The monoisotopic (exact) mass is 284 g/mol. The van der Waals surface area contributed by atoms with E-state index in [0.717, 1.165) is 45.6 Å². The van der Waals surface area contributed by atoms with Crippen LogP contribution in [-0.4, -0.2) is 49.7 Å². The predicted molar refractivity (Wildman–Crippen MR) is 82.7 cm³/mol. The summed E-state index contributed by atoms with van der Waals surface area (Å²) >= 11 is 0. The first-order valence-corrected chi connectivity index (χ1v) is 8.09. The maximum atomic E-state index is 12.5. The topological polar surface area (TPSA) is 41.6 Å². The van der Waals surface area contributed by atoms with Gasteiger partial charge >= 0.3 is 0 Å². The molecule has 0 aromatic carbocycles. The highest BCUT2D eigenvalue weighted by molar-refractivity contribution is 5.76. The molecule has 1 amide bonds. The van der Waals surface area contributed by atoms with Gasteiger partial charge in [0.15, 0.2) is 0 Å². The van der Waals surface area contributed by atoms with Crippen molar-refractivity contribution in [2.45, 2.75) is 53.1 Å². The molecule has 1 fully saturated rings. The zero-order chi connectivity index (χ0) is 15.0. The highest BCUT2D eigenvalue weighted by Crippen LogP contribution is 2.11. The Kier molecular flexibility index (Phi) is 8.15. The lowest BCUT2D eigenvalue weighted by Gasteiger charge is -2.28. The number of nitrogens with zero attached hydrogens (tertiary/aromatic N) is 1. The smallest absolute Gasteiger partial charge is 0.225 e. The molecule has 0 bridgehead atoms. The zero-order valence-corrected chi connectivity index (χ0v) is 13.7. The van der Waals surface area contributed by atoms with Crippen LogP contribution in [-0.2, 0) is 9.53 Å². The van der Waals surface area contributed by atoms with E-state index in [-0.39, 0.29) is 12.0 Å². The molecular weight excluding hydrogens is 252 g/mol. The first kappa shape index (κ1) is 17.4. The summed E-state index contributed by atoms with van der Waals surface area (Å²) in [5, 5.41) is 3.28. The van der Waals surface area contributed by atoms with Gasteiger partial charge in [0.05, 0.1) is 19.1 Å². The molecule has 1 N–H and O–H groups in total. The van der Waals surface area contributed by atoms with E-state index in [1.807, 2.05) is 4.90 Å². The molecule has 1 rings (SSSR count). The molecule has 20 heavy (non-hydrogen) atoms. The van der Waals surface area contributed by atoms with Crippen LogP contribution >= 0.6 is 0 Å². The molecule has 118 valence electrons. The average molecular weight is 284 g/mol. The van der Waals surface area contributed by atoms with Crippen molar-refractivity contribution in [2.24, 2.45) is 11.8 Å². The summed E-state index contributed by atoms with van der Waals surface area (Å²) in [5.74, 6) is 1.52. The van der Waals surface area contributed by atoms with Gasteiger partial charge < -0.3 is 15.0 Å². The Bertz CT molecular complexity index is 262. The number of carbonyl (C=O) groups excluding carboxylic acids is 1. The summed E-state index contributed by atoms with van der Waals surface area (Å²) in [7, 11) is 0. The van der Waals surface area contributed by atoms with Crippen molar-refractivity contribution in [3.8, 4) is 0 Å². The van der Waals surface area contributed by atoms with Gasteiger partial charge in [-0.25, -0.2) is 0 Å². The van der Waals surface area contributed by atoms with Crippen molar-refractivity contribution in [1.82, 2.24) is 10.2 Å². The van der Waals surface area contributed by atoms with Gasteiger partial charge in [0.2, 0.25) is 5.91 Å². The Balaban J connectivity index is 2.43. The van der Waals surface area contributed by atoms with Crippen molar-refractivity contribution in [1.29, 1.82) is 0 Å². The third-order valence-electron chi connectivity index (χ3n) is 3.71. The Labute approximate surface area is 124 Å². The minimum Gasteiger partial charge on any atom is -0.375 e. The molecule has 0 aromatic rings. The Morgan fingerprint density at radius 1 is 1.20 bits per heavy atom. The fourth-order valence-electron chi connectivity index (χ4n) is 2.26. The van der Waals surface area contributed by atoms with E-state index in [1.165, 1.54) is 0 Å². The van der Waals surface area contributed by atoms with Crippen LogP contribution < -0.4 is 5.32 Å². The summed E-state index contributed by atoms with van der Waals surface area (Å²) in [6, 6.07) is 0. The summed E-state index contributed by atoms with van der Waals surface area (Å²) < 4.78 is 5.64. The predicted octanol–water partition coefficient (Wildman–Crippen LogP) is 2.29. The van der Waals surface area contributed by atoms with Gasteiger partial charge in [-0.05, 0) is 24.7 Å². The van der Waals surface area contributed by atoms with Gasteiger partial charge in [-0.3, -0.25) is 4.79 Å². The molecule has 0 saturated carbocycles. The number of rotatable bonds is 8. The van der Waals surface area contributed by atoms with Crippen molar-refractivity contribution in [2.75, 3.05) is 32.8 Å². The number of amides is 1. The van der Waals surface area contributed by atoms with Crippen molar-refractivity contribution in [3.63, 3.8) is 0 Å². The van der Waals surface area contributed by atoms with Gasteiger partial charge in [-0.2, -0.15) is 0 Å². The maximum absolute atomic E-state index is 12.5. The molecule has 4 nitrogen and oxygen atoms in total. The normalized spacial score (nSPS) is 19.6. The highest BCUT2D eigenvalue weighted by Gasteiger charge is 2.21. The van der Waals surface area contributed by atoms with E-state index in [9.17, 15) is 4.79 Å². The number of morpholine rings is 1. The van der Waals surface area contributed by atoms with E-state index >= 15 is 0 Å². The van der Waals surface area contributed by atoms with Gasteiger partial charge in [0.25, 0.3) is 0 Å². The zero-order valence-electron chi connectivity index (χ0n) is 13.7. The summed E-state index contributed by atoms with van der Waals surface area (Å²) in [4.78, 5) is 14.5. The highest BCUT2D eigenvalue weighted by atomic mass is 16.5. The minimum absolute atomic E-state index is 0.0526. The third-order valence-corrected chi connectivity index (χ3v) is 3.71. The number of hydrogen-bond donors (Lipinski definition) is 1.